The third kappa shape index (κ3) is 2.27. The Balaban J connectivity index is 2.01. The van der Waals surface area contributed by atoms with Crippen LogP contribution in [0.15, 0.2) is 54.6 Å². The molecule has 24 heavy (non-hydrogen) atoms. The van der Waals surface area contributed by atoms with Gasteiger partial charge in [-0.2, -0.15) is 9.66 Å². The maximum absolute atomic E-state index is 9.53. The molecule has 0 bridgehead atoms. The number of halogens is 1. The molecule has 0 aliphatic rings. The van der Waals surface area contributed by atoms with Crippen LogP contribution in [0.3, 0.4) is 0 Å². The molecule has 0 fully saturated rings. The lowest BCUT2D eigenvalue weighted by Crippen LogP contribution is -2.26. The Hall–Kier alpha value is -3.03. The average Bonchev–Trinajstić information content (AvgIpc) is 2.96. The second-order valence-electron chi connectivity index (χ2n) is 5.66. The maximum atomic E-state index is 9.53. The van der Waals surface area contributed by atoms with Crippen molar-refractivity contribution in [2.45, 2.75) is 6.92 Å². The monoisotopic (exact) mass is 333 g/mol. The van der Waals surface area contributed by atoms with Gasteiger partial charge in [-0.1, -0.05) is 23.7 Å². The molecule has 2 N–H and O–H groups in total. The van der Waals surface area contributed by atoms with Crippen molar-refractivity contribution >= 4 is 39.8 Å². The number of fused-ring (bicyclic) bond motifs is 3. The van der Waals surface area contributed by atoms with Gasteiger partial charge in [-0.05, 0) is 48.9 Å². The van der Waals surface area contributed by atoms with Crippen LogP contribution in [0.4, 0.5) is 11.5 Å². The number of nitriles is 1. The van der Waals surface area contributed by atoms with Crippen LogP contribution in [0.5, 0.6) is 0 Å². The number of nitrogens with zero attached hydrogens (tertiary/aromatic N) is 2. The molecule has 4 rings (SSSR count). The first-order chi connectivity index (χ1) is 11.7. The molecule has 2 heterocycles. The number of benzene rings is 2. The van der Waals surface area contributed by atoms with E-state index in [0.717, 1.165) is 33.7 Å². The number of imidazole rings is 1. The molecular weight excluding hydrogens is 320 g/mol. The number of nitrogens with one attached hydrogen (secondary N) is 2. The lowest BCUT2D eigenvalue weighted by Gasteiger charge is -2.06. The molecule has 0 atom stereocenters. The minimum atomic E-state index is 0.646. The van der Waals surface area contributed by atoms with E-state index < -0.39 is 0 Å². The van der Waals surface area contributed by atoms with Gasteiger partial charge in [0, 0.05) is 11.1 Å². The molecule has 4 aromatic rings. The van der Waals surface area contributed by atoms with Crippen LogP contribution in [0.25, 0.3) is 16.7 Å². The van der Waals surface area contributed by atoms with E-state index in [9.17, 15) is 5.26 Å². The average molecular weight is 334 g/mol. The summed E-state index contributed by atoms with van der Waals surface area (Å²) in [7, 11) is 0. The molecule has 116 valence electrons. The topological polar surface area (TPSA) is 55.7 Å². The Bertz CT molecular complexity index is 1100. The van der Waals surface area contributed by atoms with Crippen LogP contribution < -0.4 is 9.72 Å². The number of anilines is 2. The Morgan fingerprint density at radius 2 is 1.88 bits per heavy atom. The van der Waals surface area contributed by atoms with E-state index in [1.165, 1.54) is 0 Å². The highest BCUT2D eigenvalue weighted by atomic mass is 35.5. The fraction of sp³-hybridized carbons (Fsp3) is 0.0526. The summed E-state index contributed by atoms with van der Waals surface area (Å²) < 4.78 is 2.04. The van der Waals surface area contributed by atoms with Gasteiger partial charge in [0.05, 0.1) is 5.69 Å². The predicted molar refractivity (Wildman–Crippen MR) is 95.6 cm³/mol. The van der Waals surface area contributed by atoms with Crippen molar-refractivity contribution in [3.8, 4) is 6.07 Å². The molecular formula is C19H14ClN4+. The summed E-state index contributed by atoms with van der Waals surface area (Å²) in [6.45, 7) is 1.94. The smallest absolute Gasteiger partial charge is 0.250 e. The zero-order chi connectivity index (χ0) is 16.7. The summed E-state index contributed by atoms with van der Waals surface area (Å²) in [5.74, 6) is 0.890. The Labute approximate surface area is 143 Å². The van der Waals surface area contributed by atoms with Gasteiger partial charge in [-0.25, -0.2) is 0 Å². The molecule has 0 aliphatic carbocycles. The molecule has 0 unspecified atom stereocenters. The van der Waals surface area contributed by atoms with Crippen molar-refractivity contribution in [3.63, 3.8) is 0 Å². The molecule has 2 aromatic carbocycles. The second kappa shape index (κ2) is 5.55. The number of hydrogen-bond donors (Lipinski definition) is 2. The van der Waals surface area contributed by atoms with Gasteiger partial charge in [-0.15, -0.1) is 0 Å². The van der Waals surface area contributed by atoms with Crippen molar-refractivity contribution in [1.29, 1.82) is 5.26 Å². The van der Waals surface area contributed by atoms with E-state index in [1.807, 2.05) is 65.9 Å². The van der Waals surface area contributed by atoms with Gasteiger partial charge in [-0.3, -0.25) is 10.3 Å². The lowest BCUT2D eigenvalue weighted by molar-refractivity contribution is -0.464. The molecule has 0 saturated carbocycles. The van der Waals surface area contributed by atoms with E-state index in [1.54, 1.807) is 0 Å². The minimum Gasteiger partial charge on any atom is -0.273 e. The summed E-state index contributed by atoms with van der Waals surface area (Å²) in [5.41, 5.74) is 5.28. The van der Waals surface area contributed by atoms with Crippen LogP contribution in [0, 0.1) is 18.3 Å². The Morgan fingerprint density at radius 3 is 2.62 bits per heavy atom. The number of aryl methyl sites for hydroxylation is 1. The normalized spacial score (nSPS) is 10.9. The molecule has 0 aliphatic heterocycles. The fourth-order valence-electron chi connectivity index (χ4n) is 2.95. The van der Waals surface area contributed by atoms with Crippen molar-refractivity contribution in [2.75, 3.05) is 5.32 Å². The number of rotatable bonds is 2. The number of aromatic nitrogens is 2. The van der Waals surface area contributed by atoms with Crippen molar-refractivity contribution in [2.24, 2.45) is 0 Å². The zero-order valence-electron chi connectivity index (χ0n) is 13.0. The van der Waals surface area contributed by atoms with Crippen LogP contribution in [0.2, 0.25) is 5.02 Å². The van der Waals surface area contributed by atoms with Crippen molar-refractivity contribution in [1.82, 2.24) is 4.98 Å². The maximum Gasteiger partial charge on any atom is 0.250 e. The summed E-state index contributed by atoms with van der Waals surface area (Å²) in [4.78, 5) is 3.35. The first-order valence-electron chi connectivity index (χ1n) is 7.56. The molecule has 0 amide bonds. The van der Waals surface area contributed by atoms with Crippen LogP contribution in [0.1, 0.15) is 11.1 Å². The largest absolute Gasteiger partial charge is 0.273 e. The van der Waals surface area contributed by atoms with Gasteiger partial charge < -0.3 is 0 Å². The Kier molecular flexibility index (Phi) is 3.37. The lowest BCUT2D eigenvalue weighted by atomic mass is 10.1. The number of aromatic amines is 1. The molecule has 0 radical (unpaired) electrons. The summed E-state index contributed by atoms with van der Waals surface area (Å²) >= 11 is 5.96. The molecule has 0 saturated heterocycles. The first kappa shape index (κ1) is 14.6. The quantitative estimate of drug-likeness (QED) is 0.531. The second-order valence-corrected chi connectivity index (χ2v) is 6.09. The SMILES string of the molecule is Cc1cc(Nc2ccc(Cl)cc2)[n+]2c([nH]c3ccccc32)c1C#N. The third-order valence-corrected chi connectivity index (χ3v) is 4.33. The zero-order valence-corrected chi connectivity index (χ0v) is 13.7. The number of hydrogen-bond acceptors (Lipinski definition) is 2. The molecule has 2 aromatic heterocycles. The molecule has 0 spiro atoms. The predicted octanol–water partition coefficient (Wildman–Crippen LogP) is 4.48. The number of para-hydroxylation sites is 2. The molecule has 4 nitrogen and oxygen atoms in total. The summed E-state index contributed by atoms with van der Waals surface area (Å²) in [6.07, 6.45) is 0. The van der Waals surface area contributed by atoms with Crippen LogP contribution in [-0.2, 0) is 0 Å². The number of pyridine rings is 1. The highest BCUT2D eigenvalue weighted by Crippen LogP contribution is 2.23. The van der Waals surface area contributed by atoms with Gasteiger partial charge in [0.1, 0.15) is 22.7 Å². The number of H-pyrrole nitrogens is 1. The summed E-state index contributed by atoms with van der Waals surface area (Å²) in [5, 5.41) is 13.6. The third-order valence-electron chi connectivity index (χ3n) is 4.08. The highest BCUT2D eigenvalue weighted by Gasteiger charge is 2.20. The first-order valence-corrected chi connectivity index (χ1v) is 7.94. The highest BCUT2D eigenvalue weighted by molar-refractivity contribution is 6.30. The van der Waals surface area contributed by atoms with Crippen LogP contribution >= 0.6 is 11.6 Å². The van der Waals surface area contributed by atoms with E-state index in [4.69, 9.17) is 11.6 Å². The van der Waals surface area contributed by atoms with E-state index in [-0.39, 0.29) is 0 Å². The summed E-state index contributed by atoms with van der Waals surface area (Å²) in [6, 6.07) is 19.8. The van der Waals surface area contributed by atoms with Gasteiger partial charge in [0.15, 0.2) is 0 Å². The van der Waals surface area contributed by atoms with Gasteiger partial charge >= 0.3 is 0 Å². The van der Waals surface area contributed by atoms with Gasteiger partial charge in [0.2, 0.25) is 11.5 Å². The minimum absolute atomic E-state index is 0.646. The Morgan fingerprint density at radius 1 is 1.12 bits per heavy atom. The van der Waals surface area contributed by atoms with Crippen LogP contribution in [-0.4, -0.2) is 4.98 Å². The fourth-order valence-corrected chi connectivity index (χ4v) is 3.07. The standard InChI is InChI=1S/C19H13ClN4/c1-12-10-18(22-14-8-6-13(20)7-9-14)24-17-5-3-2-4-16(17)23-19(24)15(12)11-21/h2-10H,1H3,(H,22,23)/p+1. The van der Waals surface area contributed by atoms with E-state index in [2.05, 4.69) is 16.4 Å². The van der Waals surface area contributed by atoms with Crippen molar-refractivity contribution in [3.05, 3.63) is 70.7 Å². The van der Waals surface area contributed by atoms with Crippen molar-refractivity contribution < 1.29 is 4.40 Å². The van der Waals surface area contributed by atoms with E-state index >= 15 is 0 Å². The van der Waals surface area contributed by atoms with Gasteiger partial charge in [0.25, 0.3) is 0 Å². The van der Waals surface area contributed by atoms with E-state index in [0.29, 0.717) is 10.6 Å². The molecule has 5 heteroatoms.